The van der Waals surface area contributed by atoms with Crippen molar-refractivity contribution in [3.8, 4) is 0 Å². The van der Waals surface area contributed by atoms with Crippen molar-refractivity contribution in [1.29, 1.82) is 0 Å². The highest BCUT2D eigenvalue weighted by molar-refractivity contribution is 7.13. The van der Waals surface area contributed by atoms with Crippen LogP contribution >= 0.6 is 11.5 Å². The minimum absolute atomic E-state index is 0.292. The molecule has 0 bridgehead atoms. The zero-order valence-electron chi connectivity index (χ0n) is 8.23. The van der Waals surface area contributed by atoms with Crippen molar-refractivity contribution in [2.75, 3.05) is 0 Å². The maximum absolute atomic E-state index is 10.9. The molecule has 1 aromatic carbocycles. The summed E-state index contributed by atoms with van der Waals surface area (Å²) < 4.78 is 4.49. The number of hydrogen-bond acceptors (Lipinski definition) is 4. The number of carbonyl (C=O) groups is 1. The zero-order chi connectivity index (χ0) is 10.8. The van der Waals surface area contributed by atoms with Gasteiger partial charge < -0.3 is 5.11 Å². The van der Waals surface area contributed by atoms with Crippen LogP contribution in [0.25, 0.3) is 10.2 Å². The Morgan fingerprint density at radius 2 is 2.33 bits per heavy atom. The molecule has 0 radical (unpaired) electrons. The Hall–Kier alpha value is -1.49. The molecule has 0 saturated heterocycles. The predicted molar refractivity (Wildman–Crippen MR) is 58.4 cm³/mol. The molecule has 0 amide bonds. The zero-order valence-corrected chi connectivity index (χ0v) is 9.04. The summed E-state index contributed by atoms with van der Waals surface area (Å²) in [6, 6.07) is 3.46. The van der Waals surface area contributed by atoms with Gasteiger partial charge in [-0.15, -0.1) is 5.10 Å². The number of aromatic carboxylic acids is 1. The smallest absolute Gasteiger partial charge is 0.337 e. The van der Waals surface area contributed by atoms with Gasteiger partial charge in [0.25, 0.3) is 0 Å². The summed E-state index contributed by atoms with van der Waals surface area (Å²) in [5.74, 6) is -0.922. The first-order chi connectivity index (χ1) is 7.24. The van der Waals surface area contributed by atoms with Crippen molar-refractivity contribution >= 4 is 27.7 Å². The Morgan fingerprint density at radius 3 is 3.00 bits per heavy atom. The molecule has 0 unspecified atom stereocenters. The maximum Gasteiger partial charge on any atom is 0.337 e. The molecule has 5 heteroatoms. The molecule has 1 aromatic heterocycles. The summed E-state index contributed by atoms with van der Waals surface area (Å²) in [7, 11) is 0. The fourth-order valence-corrected chi connectivity index (χ4v) is 2.27. The second-order valence-electron chi connectivity index (χ2n) is 3.28. The average molecular weight is 222 g/mol. The molecule has 0 aliphatic carbocycles. The number of fused-ring (bicyclic) bond motifs is 1. The van der Waals surface area contributed by atoms with E-state index in [-0.39, 0.29) is 0 Å². The number of carboxylic acid groups (broad SMARTS) is 1. The van der Waals surface area contributed by atoms with Crippen molar-refractivity contribution in [3.63, 3.8) is 0 Å². The van der Waals surface area contributed by atoms with Gasteiger partial charge in [-0.1, -0.05) is 23.9 Å². The van der Waals surface area contributed by atoms with Crippen LogP contribution in [-0.2, 0) is 6.42 Å². The third-order valence-corrected chi connectivity index (χ3v) is 3.00. The molecule has 0 saturated carbocycles. The molecular formula is C10H10N2O2S. The number of aryl methyl sites for hydroxylation is 1. The molecule has 1 N–H and O–H groups in total. The average Bonchev–Trinajstić information content (AvgIpc) is 2.66. The molecule has 0 spiro atoms. The van der Waals surface area contributed by atoms with Gasteiger partial charge >= 0.3 is 5.97 Å². The highest BCUT2D eigenvalue weighted by Crippen LogP contribution is 2.24. The first-order valence-corrected chi connectivity index (χ1v) is 5.48. The lowest BCUT2D eigenvalue weighted by Gasteiger charge is -2.01. The Morgan fingerprint density at radius 1 is 1.53 bits per heavy atom. The Balaban J connectivity index is 2.65. The van der Waals surface area contributed by atoms with Gasteiger partial charge in [-0.25, -0.2) is 4.79 Å². The van der Waals surface area contributed by atoms with E-state index in [1.54, 1.807) is 6.07 Å². The highest BCUT2D eigenvalue weighted by atomic mass is 32.1. The number of rotatable bonds is 3. The summed E-state index contributed by atoms with van der Waals surface area (Å²) in [6.07, 6.45) is 1.92. The molecule has 0 fully saturated rings. The van der Waals surface area contributed by atoms with Crippen molar-refractivity contribution in [1.82, 2.24) is 9.59 Å². The molecule has 0 aliphatic rings. The van der Waals surface area contributed by atoms with Crippen LogP contribution in [0.5, 0.6) is 0 Å². The van der Waals surface area contributed by atoms with Crippen LogP contribution in [0.4, 0.5) is 0 Å². The molecule has 2 aromatic rings. The topological polar surface area (TPSA) is 63.1 Å². The Bertz CT molecular complexity index is 507. The second kappa shape index (κ2) is 3.94. The predicted octanol–water partition coefficient (Wildman–Crippen LogP) is 2.34. The molecule has 2 rings (SSSR count). The van der Waals surface area contributed by atoms with Gasteiger partial charge in [0.2, 0.25) is 0 Å². The summed E-state index contributed by atoms with van der Waals surface area (Å²) in [4.78, 5) is 10.9. The van der Waals surface area contributed by atoms with Crippen LogP contribution in [0.1, 0.15) is 29.3 Å². The van der Waals surface area contributed by atoms with Crippen molar-refractivity contribution < 1.29 is 9.90 Å². The lowest BCUT2D eigenvalue weighted by molar-refractivity contribution is 0.0699. The van der Waals surface area contributed by atoms with Crippen molar-refractivity contribution in [3.05, 3.63) is 23.3 Å². The van der Waals surface area contributed by atoms with Crippen LogP contribution in [-0.4, -0.2) is 20.7 Å². The first-order valence-electron chi connectivity index (χ1n) is 4.71. The summed E-state index contributed by atoms with van der Waals surface area (Å²) in [5.41, 5.74) is 2.10. The Kier molecular flexibility index (Phi) is 2.64. The van der Waals surface area contributed by atoms with Gasteiger partial charge in [-0.05, 0) is 29.6 Å². The third-order valence-electron chi connectivity index (χ3n) is 2.24. The van der Waals surface area contributed by atoms with E-state index in [4.69, 9.17) is 5.11 Å². The van der Waals surface area contributed by atoms with Crippen LogP contribution in [0, 0.1) is 0 Å². The lowest BCUT2D eigenvalue weighted by atomic mass is 10.1. The van der Waals surface area contributed by atoms with E-state index in [9.17, 15) is 4.79 Å². The molecule has 0 atom stereocenters. The van der Waals surface area contributed by atoms with Gasteiger partial charge in [0.15, 0.2) is 0 Å². The normalized spacial score (nSPS) is 10.7. The van der Waals surface area contributed by atoms with Gasteiger partial charge in [0.1, 0.15) is 5.52 Å². The molecular weight excluding hydrogens is 212 g/mol. The first kappa shape index (κ1) is 10.0. The number of aromatic nitrogens is 2. The second-order valence-corrected chi connectivity index (χ2v) is 4.03. The van der Waals surface area contributed by atoms with Crippen molar-refractivity contribution in [2.24, 2.45) is 0 Å². The lowest BCUT2D eigenvalue weighted by Crippen LogP contribution is -1.97. The molecule has 4 nitrogen and oxygen atoms in total. The Labute approximate surface area is 90.7 Å². The van der Waals surface area contributed by atoms with E-state index in [0.29, 0.717) is 10.3 Å². The van der Waals surface area contributed by atoms with Gasteiger partial charge in [0, 0.05) is 0 Å². The van der Waals surface area contributed by atoms with Gasteiger partial charge in [0.05, 0.1) is 10.3 Å². The van der Waals surface area contributed by atoms with Gasteiger partial charge in [-0.3, -0.25) is 0 Å². The largest absolute Gasteiger partial charge is 0.478 e. The standard InChI is InChI=1S/C10H10N2O2S/c1-2-3-6-4-5-7(10(13)14)9-8(6)11-12-15-9/h4-5H,2-3H2,1H3,(H,13,14). The van der Waals surface area contributed by atoms with E-state index in [0.717, 1.165) is 35.5 Å². The monoisotopic (exact) mass is 222 g/mol. The van der Waals surface area contributed by atoms with Gasteiger partial charge in [-0.2, -0.15) is 0 Å². The highest BCUT2D eigenvalue weighted by Gasteiger charge is 2.13. The van der Waals surface area contributed by atoms with Crippen LogP contribution in [0.15, 0.2) is 12.1 Å². The number of benzene rings is 1. The van der Waals surface area contributed by atoms with E-state index >= 15 is 0 Å². The SMILES string of the molecule is CCCc1ccc(C(=O)O)c2snnc12. The van der Waals surface area contributed by atoms with E-state index in [1.807, 2.05) is 6.07 Å². The molecule has 15 heavy (non-hydrogen) atoms. The fraction of sp³-hybridized carbons (Fsp3) is 0.300. The minimum atomic E-state index is -0.922. The number of nitrogens with zero attached hydrogens (tertiary/aromatic N) is 2. The summed E-state index contributed by atoms with van der Waals surface area (Å²) >= 11 is 1.14. The van der Waals surface area contributed by atoms with Crippen LogP contribution in [0.2, 0.25) is 0 Å². The third kappa shape index (κ3) is 1.70. The van der Waals surface area contributed by atoms with Crippen LogP contribution < -0.4 is 0 Å². The van der Waals surface area contributed by atoms with Crippen LogP contribution in [0.3, 0.4) is 0 Å². The summed E-state index contributed by atoms with van der Waals surface area (Å²) in [6.45, 7) is 2.08. The van der Waals surface area contributed by atoms with E-state index in [1.165, 1.54) is 0 Å². The summed E-state index contributed by atoms with van der Waals surface area (Å²) in [5, 5.41) is 13.0. The minimum Gasteiger partial charge on any atom is -0.478 e. The quantitative estimate of drug-likeness (QED) is 0.865. The molecule has 0 aliphatic heterocycles. The number of carboxylic acids is 1. The maximum atomic E-state index is 10.9. The van der Waals surface area contributed by atoms with Crippen molar-refractivity contribution in [2.45, 2.75) is 19.8 Å². The van der Waals surface area contributed by atoms with E-state index in [2.05, 4.69) is 16.5 Å². The number of hydrogen-bond donors (Lipinski definition) is 1. The van der Waals surface area contributed by atoms with E-state index < -0.39 is 5.97 Å². The fourth-order valence-electron chi connectivity index (χ4n) is 1.56. The molecule has 1 heterocycles. The molecule has 78 valence electrons.